The molecule has 0 saturated heterocycles. The Morgan fingerprint density at radius 3 is 2.53 bits per heavy atom. The van der Waals surface area contributed by atoms with Crippen molar-refractivity contribution in [2.45, 2.75) is 32.6 Å². The highest BCUT2D eigenvalue weighted by atomic mass is 32.2. The van der Waals surface area contributed by atoms with E-state index in [-0.39, 0.29) is 18.5 Å². The van der Waals surface area contributed by atoms with E-state index >= 15 is 0 Å². The van der Waals surface area contributed by atoms with Crippen LogP contribution in [-0.2, 0) is 19.7 Å². The molecule has 1 atom stereocenters. The van der Waals surface area contributed by atoms with E-state index in [0.717, 1.165) is 34.1 Å². The van der Waals surface area contributed by atoms with Gasteiger partial charge in [-0.2, -0.15) is 23.5 Å². The Hall–Kier alpha value is -1.48. The fourth-order valence-electron chi connectivity index (χ4n) is 2.83. The molecular formula is C22H34N2O4S2. The summed E-state index contributed by atoms with van der Waals surface area (Å²) in [5.41, 5.74) is 7.03. The Morgan fingerprint density at radius 2 is 1.90 bits per heavy atom. The van der Waals surface area contributed by atoms with Crippen LogP contribution in [0, 0.1) is 0 Å². The molecule has 0 aromatic heterocycles. The Morgan fingerprint density at radius 1 is 1.20 bits per heavy atom. The van der Waals surface area contributed by atoms with Gasteiger partial charge in [-0.05, 0) is 50.1 Å². The molecule has 0 radical (unpaired) electrons. The van der Waals surface area contributed by atoms with E-state index in [9.17, 15) is 9.59 Å². The van der Waals surface area contributed by atoms with Crippen LogP contribution >= 0.6 is 23.5 Å². The van der Waals surface area contributed by atoms with Gasteiger partial charge in [-0.15, -0.1) is 0 Å². The molecule has 1 unspecified atom stereocenters. The van der Waals surface area contributed by atoms with E-state index in [1.54, 1.807) is 38.7 Å². The molecule has 0 heterocycles. The zero-order valence-electron chi connectivity index (χ0n) is 18.3. The molecule has 0 aliphatic heterocycles. The minimum Gasteiger partial charge on any atom is -0.463 e. The summed E-state index contributed by atoms with van der Waals surface area (Å²) in [5, 5.41) is 8.84. The lowest BCUT2D eigenvalue weighted by atomic mass is 9.78. The van der Waals surface area contributed by atoms with Gasteiger partial charge >= 0.3 is 5.97 Å². The number of hydrogen-bond acceptors (Lipinski definition) is 7. The average Bonchev–Trinajstić information content (AvgIpc) is 2.73. The first-order chi connectivity index (χ1) is 14.4. The van der Waals surface area contributed by atoms with Gasteiger partial charge in [-0.3, -0.25) is 10.2 Å². The normalized spacial score (nSPS) is 13.6. The zero-order chi connectivity index (χ0) is 22.4. The predicted molar refractivity (Wildman–Crippen MR) is 128 cm³/mol. The summed E-state index contributed by atoms with van der Waals surface area (Å²) in [6.45, 7) is 5.99. The fourth-order valence-corrected chi connectivity index (χ4v) is 4.86. The maximum absolute atomic E-state index is 12.9. The lowest BCUT2D eigenvalue weighted by Crippen LogP contribution is -2.47. The summed E-state index contributed by atoms with van der Waals surface area (Å²) in [6.07, 6.45) is 2.46. The molecule has 6 nitrogen and oxygen atoms in total. The largest absolute Gasteiger partial charge is 0.463 e. The van der Waals surface area contributed by atoms with Crippen LogP contribution in [0.1, 0.15) is 38.3 Å². The number of ether oxygens (including phenoxy) is 1. The maximum atomic E-state index is 12.9. The van der Waals surface area contributed by atoms with Gasteiger partial charge in [-0.25, -0.2) is 10.2 Å². The molecule has 3 N–H and O–H groups in total. The number of aliphatic hydroxyl groups is 1. The van der Waals surface area contributed by atoms with Crippen LogP contribution < -0.4 is 10.9 Å². The lowest BCUT2D eigenvalue weighted by Gasteiger charge is -2.29. The number of carbonyl (C=O) groups is 2. The van der Waals surface area contributed by atoms with Gasteiger partial charge in [0.15, 0.2) is 0 Å². The highest BCUT2D eigenvalue weighted by Gasteiger charge is 2.34. The lowest BCUT2D eigenvalue weighted by molar-refractivity contribution is -0.138. The third kappa shape index (κ3) is 8.71. The van der Waals surface area contributed by atoms with Crippen LogP contribution in [-0.4, -0.2) is 60.3 Å². The molecule has 1 aromatic rings. The zero-order valence-corrected chi connectivity index (χ0v) is 20.0. The van der Waals surface area contributed by atoms with Gasteiger partial charge in [-0.1, -0.05) is 24.3 Å². The van der Waals surface area contributed by atoms with Crippen molar-refractivity contribution < 1.29 is 19.4 Å². The van der Waals surface area contributed by atoms with E-state index in [1.807, 2.05) is 43.0 Å². The van der Waals surface area contributed by atoms with Crippen LogP contribution in [0.2, 0.25) is 0 Å². The number of hydrogen-bond donors (Lipinski definition) is 3. The SMILES string of the molecule is CCOC(=O)/C(C)=C/c1cccc(C(C)(CCSCCSCCO)C(=O)NNC)c1. The topological polar surface area (TPSA) is 87.7 Å². The molecule has 1 amide bonds. The number of thioether (sulfide) groups is 2. The second-order valence-corrected chi connectivity index (χ2v) is 9.36. The number of carbonyl (C=O) groups excluding carboxylic acids is 2. The predicted octanol–water partition coefficient (Wildman–Crippen LogP) is 3.01. The molecule has 1 rings (SSSR count). The highest BCUT2D eigenvalue weighted by molar-refractivity contribution is 8.02. The third-order valence-corrected chi connectivity index (χ3v) is 6.81. The minimum absolute atomic E-state index is 0.0940. The fraction of sp³-hybridized carbons (Fsp3) is 0.545. The second kappa shape index (κ2) is 14.5. The molecule has 8 heteroatoms. The number of benzene rings is 1. The molecule has 0 saturated carbocycles. The molecule has 168 valence electrons. The number of rotatable bonds is 14. The number of aliphatic hydroxyl groups excluding tert-OH is 1. The van der Waals surface area contributed by atoms with E-state index in [2.05, 4.69) is 10.9 Å². The molecular weight excluding hydrogens is 420 g/mol. The van der Waals surface area contributed by atoms with E-state index < -0.39 is 5.41 Å². The van der Waals surface area contributed by atoms with E-state index in [4.69, 9.17) is 9.84 Å². The summed E-state index contributed by atoms with van der Waals surface area (Å²) >= 11 is 3.54. The number of hydrazine groups is 1. The van der Waals surface area contributed by atoms with Crippen LogP contribution in [0.15, 0.2) is 29.8 Å². The van der Waals surface area contributed by atoms with Crippen LogP contribution in [0.4, 0.5) is 0 Å². The summed E-state index contributed by atoms with van der Waals surface area (Å²) in [5.74, 6) is 3.13. The van der Waals surface area contributed by atoms with Gasteiger partial charge < -0.3 is 9.84 Å². The maximum Gasteiger partial charge on any atom is 0.333 e. The average molecular weight is 455 g/mol. The third-order valence-electron chi connectivity index (χ3n) is 4.60. The van der Waals surface area contributed by atoms with Gasteiger partial charge in [0.25, 0.3) is 0 Å². The van der Waals surface area contributed by atoms with Crippen molar-refractivity contribution in [2.75, 3.05) is 43.3 Å². The number of nitrogens with one attached hydrogen (secondary N) is 2. The summed E-state index contributed by atoms with van der Waals surface area (Å²) in [6, 6.07) is 7.73. The van der Waals surface area contributed by atoms with Gasteiger partial charge in [0.1, 0.15) is 0 Å². The number of amides is 1. The van der Waals surface area contributed by atoms with E-state index in [1.165, 1.54) is 0 Å². The Labute approximate surface area is 188 Å². The van der Waals surface area contributed by atoms with Crippen LogP contribution in [0.5, 0.6) is 0 Å². The molecule has 30 heavy (non-hydrogen) atoms. The van der Waals surface area contributed by atoms with Crippen molar-refractivity contribution in [2.24, 2.45) is 0 Å². The first-order valence-electron chi connectivity index (χ1n) is 10.1. The minimum atomic E-state index is -0.712. The Bertz CT molecular complexity index is 712. The van der Waals surface area contributed by atoms with Crippen LogP contribution in [0.25, 0.3) is 6.08 Å². The molecule has 0 spiro atoms. The molecule has 1 aromatic carbocycles. The quantitative estimate of drug-likeness (QED) is 0.172. The number of esters is 1. The molecule has 0 aliphatic carbocycles. The van der Waals surface area contributed by atoms with Crippen molar-refractivity contribution in [3.8, 4) is 0 Å². The summed E-state index contributed by atoms with van der Waals surface area (Å²) in [7, 11) is 1.67. The molecule has 0 fully saturated rings. The monoisotopic (exact) mass is 454 g/mol. The Balaban J connectivity index is 2.95. The smallest absolute Gasteiger partial charge is 0.333 e. The first-order valence-corrected chi connectivity index (χ1v) is 12.4. The van der Waals surface area contributed by atoms with Crippen molar-refractivity contribution in [3.63, 3.8) is 0 Å². The summed E-state index contributed by atoms with van der Waals surface area (Å²) in [4.78, 5) is 24.8. The van der Waals surface area contributed by atoms with Crippen molar-refractivity contribution >= 4 is 41.5 Å². The van der Waals surface area contributed by atoms with Gasteiger partial charge in [0, 0.05) is 29.9 Å². The van der Waals surface area contributed by atoms with Crippen molar-refractivity contribution in [3.05, 3.63) is 41.0 Å². The standard InChI is InChI=1S/C22H34N2O4S2/c1-5-28-20(26)17(2)15-18-7-6-8-19(16-18)22(3,21(27)24-23-4)9-11-29-13-14-30-12-10-25/h6-8,15-16,23,25H,5,9-14H2,1-4H3,(H,24,27)/b17-15+. The van der Waals surface area contributed by atoms with Gasteiger partial charge in [0.05, 0.1) is 18.6 Å². The van der Waals surface area contributed by atoms with E-state index in [0.29, 0.717) is 18.6 Å². The molecule has 0 aliphatic rings. The Kier molecular flexibility index (Phi) is 12.8. The van der Waals surface area contributed by atoms with Crippen molar-refractivity contribution in [1.29, 1.82) is 0 Å². The first kappa shape index (κ1) is 26.6. The van der Waals surface area contributed by atoms with Crippen LogP contribution in [0.3, 0.4) is 0 Å². The summed E-state index contributed by atoms with van der Waals surface area (Å²) < 4.78 is 5.05. The van der Waals surface area contributed by atoms with Crippen molar-refractivity contribution in [1.82, 2.24) is 10.9 Å². The second-order valence-electron chi connectivity index (χ2n) is 6.91. The molecule has 0 bridgehead atoms. The van der Waals surface area contributed by atoms with Gasteiger partial charge in [0.2, 0.25) is 5.91 Å². The highest BCUT2D eigenvalue weighted by Crippen LogP contribution is 2.31.